The summed E-state index contributed by atoms with van der Waals surface area (Å²) >= 11 is 0. The van der Waals surface area contributed by atoms with Crippen molar-refractivity contribution in [2.75, 3.05) is 20.2 Å². The van der Waals surface area contributed by atoms with Crippen LogP contribution in [0.1, 0.15) is 32.1 Å². The molecular weight excluding hydrogens is 326 g/mol. The molecule has 0 aliphatic heterocycles. The molecule has 4 rings (SSSR count). The molecule has 1 aliphatic rings. The molecule has 4 nitrogen and oxygen atoms in total. The number of benzene rings is 2. The lowest BCUT2D eigenvalue weighted by atomic mass is 9.94. The Labute approximate surface area is 154 Å². The zero-order valence-corrected chi connectivity index (χ0v) is 15.4. The van der Waals surface area contributed by atoms with E-state index in [1.54, 1.807) is 0 Å². The minimum Gasteiger partial charge on any atom is -0.491 e. The van der Waals surface area contributed by atoms with E-state index < -0.39 is 6.10 Å². The summed E-state index contributed by atoms with van der Waals surface area (Å²) in [5.41, 5.74) is 1.74. The molecule has 1 atom stereocenters. The second-order valence-corrected chi connectivity index (χ2v) is 7.45. The van der Waals surface area contributed by atoms with Gasteiger partial charge in [0.05, 0.1) is 0 Å². The molecule has 4 heteroatoms. The van der Waals surface area contributed by atoms with Gasteiger partial charge in [-0.3, -0.25) is 0 Å². The number of hydrogen-bond acceptors (Lipinski definition) is 4. The Bertz CT molecular complexity index is 866. The van der Waals surface area contributed by atoms with Crippen LogP contribution in [-0.2, 0) is 0 Å². The van der Waals surface area contributed by atoms with Crippen molar-refractivity contribution in [2.45, 2.75) is 44.2 Å². The lowest BCUT2D eigenvalue weighted by Gasteiger charge is -2.32. The first kappa shape index (κ1) is 17.4. The fourth-order valence-corrected chi connectivity index (χ4v) is 4.04. The Hall–Kier alpha value is -2.04. The number of furan rings is 1. The van der Waals surface area contributed by atoms with Gasteiger partial charge in [-0.15, -0.1) is 0 Å². The molecule has 1 aromatic heterocycles. The summed E-state index contributed by atoms with van der Waals surface area (Å²) in [7, 11) is 2.11. The normalized spacial score (nSPS) is 17.2. The van der Waals surface area contributed by atoms with Crippen molar-refractivity contribution in [3.8, 4) is 5.75 Å². The number of fused-ring (bicyclic) bond motifs is 3. The maximum absolute atomic E-state index is 10.4. The quantitative estimate of drug-likeness (QED) is 0.704. The fourth-order valence-electron chi connectivity index (χ4n) is 4.04. The smallest absolute Gasteiger partial charge is 0.135 e. The van der Waals surface area contributed by atoms with Crippen LogP contribution in [0.5, 0.6) is 5.75 Å². The molecule has 0 amide bonds. The molecule has 3 aromatic rings. The van der Waals surface area contributed by atoms with E-state index in [2.05, 4.69) is 18.0 Å². The molecular formula is C22H27NO3. The number of nitrogens with zero attached hydrogens (tertiary/aromatic N) is 1. The number of hydrogen-bond donors (Lipinski definition) is 1. The van der Waals surface area contributed by atoms with Crippen LogP contribution in [0.25, 0.3) is 21.9 Å². The Morgan fingerprint density at radius 1 is 1.08 bits per heavy atom. The van der Waals surface area contributed by atoms with Gasteiger partial charge in [-0.25, -0.2) is 0 Å². The van der Waals surface area contributed by atoms with Crippen molar-refractivity contribution in [1.29, 1.82) is 0 Å². The highest BCUT2D eigenvalue weighted by Crippen LogP contribution is 2.31. The largest absolute Gasteiger partial charge is 0.491 e. The molecule has 0 radical (unpaired) electrons. The molecule has 1 aliphatic carbocycles. The van der Waals surface area contributed by atoms with Crippen molar-refractivity contribution >= 4 is 21.9 Å². The number of para-hydroxylation sites is 1. The molecule has 0 unspecified atom stereocenters. The van der Waals surface area contributed by atoms with Crippen LogP contribution < -0.4 is 4.74 Å². The Balaban J connectivity index is 1.38. The van der Waals surface area contributed by atoms with E-state index in [-0.39, 0.29) is 0 Å². The molecule has 1 fully saturated rings. The van der Waals surface area contributed by atoms with Gasteiger partial charge in [0, 0.05) is 23.4 Å². The lowest BCUT2D eigenvalue weighted by molar-refractivity contribution is 0.0562. The van der Waals surface area contributed by atoms with Gasteiger partial charge in [0.2, 0.25) is 0 Å². The Kier molecular flexibility index (Phi) is 5.14. The summed E-state index contributed by atoms with van der Waals surface area (Å²) in [6.07, 6.45) is 5.96. The predicted molar refractivity (Wildman–Crippen MR) is 105 cm³/mol. The maximum Gasteiger partial charge on any atom is 0.135 e. The van der Waals surface area contributed by atoms with Gasteiger partial charge in [-0.1, -0.05) is 37.5 Å². The average molecular weight is 353 g/mol. The van der Waals surface area contributed by atoms with E-state index in [1.807, 2.05) is 36.4 Å². The van der Waals surface area contributed by atoms with E-state index in [0.717, 1.165) is 27.7 Å². The Morgan fingerprint density at radius 2 is 1.85 bits per heavy atom. The van der Waals surface area contributed by atoms with Crippen LogP contribution in [-0.4, -0.2) is 42.4 Å². The van der Waals surface area contributed by atoms with Crippen LogP contribution in [0.3, 0.4) is 0 Å². The minimum atomic E-state index is -0.487. The van der Waals surface area contributed by atoms with Crippen LogP contribution >= 0.6 is 0 Å². The monoisotopic (exact) mass is 353 g/mol. The number of aliphatic hydroxyl groups excluding tert-OH is 1. The summed E-state index contributed by atoms with van der Waals surface area (Å²) < 4.78 is 11.7. The van der Waals surface area contributed by atoms with Crippen molar-refractivity contribution in [3.63, 3.8) is 0 Å². The summed E-state index contributed by atoms with van der Waals surface area (Å²) in [5, 5.41) is 12.5. The maximum atomic E-state index is 10.4. The van der Waals surface area contributed by atoms with Crippen molar-refractivity contribution in [1.82, 2.24) is 4.90 Å². The highest BCUT2D eigenvalue weighted by molar-refractivity contribution is 6.05. The van der Waals surface area contributed by atoms with E-state index >= 15 is 0 Å². The van der Waals surface area contributed by atoms with E-state index in [0.29, 0.717) is 19.2 Å². The molecule has 0 saturated heterocycles. The van der Waals surface area contributed by atoms with Crippen LogP contribution in [0.4, 0.5) is 0 Å². The zero-order valence-electron chi connectivity index (χ0n) is 15.4. The minimum absolute atomic E-state index is 0.304. The van der Waals surface area contributed by atoms with Gasteiger partial charge in [-0.05, 0) is 44.2 Å². The fraction of sp³-hybridized carbons (Fsp3) is 0.455. The molecule has 1 N–H and O–H groups in total. The van der Waals surface area contributed by atoms with E-state index in [1.165, 1.54) is 32.1 Å². The average Bonchev–Trinajstić information content (AvgIpc) is 3.05. The first-order chi connectivity index (χ1) is 12.7. The molecule has 1 saturated carbocycles. The predicted octanol–water partition coefficient (Wildman–Crippen LogP) is 4.59. The van der Waals surface area contributed by atoms with Crippen molar-refractivity contribution < 1.29 is 14.3 Å². The third kappa shape index (κ3) is 3.71. The van der Waals surface area contributed by atoms with Gasteiger partial charge >= 0.3 is 0 Å². The van der Waals surface area contributed by atoms with Crippen molar-refractivity contribution in [2.24, 2.45) is 0 Å². The molecule has 26 heavy (non-hydrogen) atoms. The van der Waals surface area contributed by atoms with Crippen LogP contribution in [0, 0.1) is 0 Å². The van der Waals surface area contributed by atoms with Gasteiger partial charge in [0.15, 0.2) is 0 Å². The number of aliphatic hydroxyl groups is 1. The highest BCUT2D eigenvalue weighted by atomic mass is 16.5. The number of likely N-dealkylation sites (N-methyl/N-ethyl adjacent to an activating group) is 1. The topological polar surface area (TPSA) is 45.8 Å². The third-order valence-corrected chi connectivity index (χ3v) is 5.49. The number of rotatable bonds is 6. The van der Waals surface area contributed by atoms with E-state index in [9.17, 15) is 5.11 Å². The molecule has 138 valence electrons. The molecule has 0 spiro atoms. The van der Waals surface area contributed by atoms with E-state index in [4.69, 9.17) is 9.15 Å². The summed E-state index contributed by atoms with van der Waals surface area (Å²) in [4.78, 5) is 2.29. The summed E-state index contributed by atoms with van der Waals surface area (Å²) in [6.45, 7) is 0.958. The molecule has 0 bridgehead atoms. The van der Waals surface area contributed by atoms with Crippen LogP contribution in [0.2, 0.25) is 0 Å². The van der Waals surface area contributed by atoms with Crippen molar-refractivity contribution in [3.05, 3.63) is 42.5 Å². The third-order valence-electron chi connectivity index (χ3n) is 5.49. The zero-order chi connectivity index (χ0) is 17.9. The first-order valence-electron chi connectivity index (χ1n) is 9.63. The van der Waals surface area contributed by atoms with Gasteiger partial charge in [0.25, 0.3) is 0 Å². The van der Waals surface area contributed by atoms with Gasteiger partial charge < -0.3 is 19.2 Å². The standard InChI is InChI=1S/C22H27NO3/c1-23(16-7-3-2-4-8-16)14-17(24)15-25-18-11-12-22-20(13-18)19-9-5-6-10-21(19)26-22/h5-6,9-13,16-17,24H,2-4,7-8,14-15H2,1H3/t17-/m1/s1. The number of ether oxygens (including phenoxy) is 1. The Morgan fingerprint density at radius 3 is 2.69 bits per heavy atom. The van der Waals surface area contributed by atoms with Gasteiger partial charge in [0.1, 0.15) is 29.6 Å². The van der Waals surface area contributed by atoms with Crippen LogP contribution in [0.15, 0.2) is 46.9 Å². The second-order valence-electron chi connectivity index (χ2n) is 7.45. The second kappa shape index (κ2) is 7.68. The lowest BCUT2D eigenvalue weighted by Crippen LogP contribution is -2.40. The SMILES string of the molecule is CN(C[C@@H](O)COc1ccc2oc3ccccc3c2c1)C1CCCCC1. The van der Waals surface area contributed by atoms with Gasteiger partial charge in [-0.2, -0.15) is 0 Å². The summed E-state index contributed by atoms with van der Waals surface area (Å²) in [6, 6.07) is 14.5. The molecule has 1 heterocycles. The highest BCUT2D eigenvalue weighted by Gasteiger charge is 2.20. The molecule has 2 aromatic carbocycles. The summed E-state index contributed by atoms with van der Waals surface area (Å²) in [5.74, 6) is 0.767. The first-order valence-corrected chi connectivity index (χ1v) is 9.63.